The summed E-state index contributed by atoms with van der Waals surface area (Å²) in [6, 6.07) is 7.39. The minimum atomic E-state index is -2.58. The zero-order chi connectivity index (χ0) is 37.4. The Morgan fingerprint density at radius 3 is 1.45 bits per heavy atom. The number of hydrogen-bond donors (Lipinski definition) is 3. The molecule has 0 radical (unpaired) electrons. The van der Waals surface area contributed by atoms with E-state index in [0.717, 1.165) is 36.4 Å². The summed E-state index contributed by atoms with van der Waals surface area (Å²) < 4.78 is 195. The SMILES string of the molecule is Fc1ccc(-c2cccc(-c3c(F)c(F)c(F)c(F)c3F)c2-c2c(F)c(F)c3c(F)c(F)c4c(F)ccc5ccc2c3c54)c(F)c1F.OB(O)O. The van der Waals surface area contributed by atoms with Crippen LogP contribution in [0.5, 0.6) is 0 Å². The molecule has 0 aromatic heterocycles. The van der Waals surface area contributed by atoms with E-state index < -0.39 is 143 Å². The zero-order valence-corrected chi connectivity index (χ0v) is 24.5. The van der Waals surface area contributed by atoms with Crippen molar-refractivity contribution in [3.05, 3.63) is 130 Å². The molecule has 7 aromatic rings. The van der Waals surface area contributed by atoms with Crippen molar-refractivity contribution in [2.24, 2.45) is 0 Å². The van der Waals surface area contributed by atoms with Gasteiger partial charge < -0.3 is 15.1 Å². The van der Waals surface area contributed by atoms with Gasteiger partial charge in [0.15, 0.2) is 64.0 Å². The molecule has 0 aliphatic carbocycles. The van der Waals surface area contributed by atoms with Gasteiger partial charge in [-0.3, -0.25) is 0 Å². The van der Waals surface area contributed by atoms with Gasteiger partial charge >= 0.3 is 7.32 Å². The van der Waals surface area contributed by atoms with E-state index >= 15 is 30.7 Å². The third-order valence-corrected chi connectivity index (χ3v) is 8.04. The number of halogens is 13. The molecule has 0 aliphatic rings. The first kappa shape index (κ1) is 35.4. The topological polar surface area (TPSA) is 60.7 Å². The smallest absolute Gasteiger partial charge is 0.402 e. The van der Waals surface area contributed by atoms with Crippen LogP contribution in [-0.2, 0) is 0 Å². The Labute approximate surface area is 275 Å². The van der Waals surface area contributed by atoms with Crippen molar-refractivity contribution in [3.63, 3.8) is 0 Å². The second-order valence-electron chi connectivity index (χ2n) is 10.8. The lowest BCUT2D eigenvalue weighted by Gasteiger charge is -2.22. The molecule has 51 heavy (non-hydrogen) atoms. The summed E-state index contributed by atoms with van der Waals surface area (Å²) >= 11 is 0. The minimum absolute atomic E-state index is 0.0188. The predicted molar refractivity (Wildman–Crippen MR) is 158 cm³/mol. The Morgan fingerprint density at radius 2 is 0.824 bits per heavy atom. The second-order valence-corrected chi connectivity index (χ2v) is 10.8. The molecule has 0 bridgehead atoms. The van der Waals surface area contributed by atoms with Crippen LogP contribution in [0, 0.1) is 75.6 Å². The number of rotatable bonds is 3. The van der Waals surface area contributed by atoms with Crippen LogP contribution in [0.3, 0.4) is 0 Å². The maximum absolute atomic E-state index is 16.3. The summed E-state index contributed by atoms with van der Waals surface area (Å²) in [5, 5.41) is 17.4. The molecular weight excluding hydrogens is 714 g/mol. The molecule has 260 valence electrons. The highest BCUT2D eigenvalue weighted by Gasteiger charge is 2.34. The summed E-state index contributed by atoms with van der Waals surface area (Å²) in [5.74, 6) is -27.6. The molecule has 0 unspecified atom stereocenters. The van der Waals surface area contributed by atoms with E-state index in [-0.39, 0.29) is 5.39 Å². The first-order chi connectivity index (χ1) is 24.0. The monoisotopic (exact) mass is 726 g/mol. The third kappa shape index (κ3) is 5.30. The molecular formula is C34H12BF13O3. The molecule has 3 N–H and O–H groups in total. The van der Waals surface area contributed by atoms with Gasteiger partial charge in [-0.25, -0.2) is 57.1 Å². The molecule has 3 nitrogen and oxygen atoms in total. The largest absolute Gasteiger partial charge is 0.631 e. The van der Waals surface area contributed by atoms with Crippen molar-refractivity contribution >= 4 is 39.6 Å². The quantitative estimate of drug-likeness (QED) is 0.0560. The van der Waals surface area contributed by atoms with Crippen molar-refractivity contribution in [3.8, 4) is 33.4 Å². The van der Waals surface area contributed by atoms with Crippen LogP contribution in [0.15, 0.2) is 54.6 Å². The molecule has 0 amide bonds. The van der Waals surface area contributed by atoms with E-state index in [0.29, 0.717) is 18.2 Å². The van der Waals surface area contributed by atoms with Gasteiger partial charge in [-0.05, 0) is 40.1 Å². The van der Waals surface area contributed by atoms with Gasteiger partial charge in [0.25, 0.3) is 0 Å². The number of hydrogen-bond acceptors (Lipinski definition) is 3. The van der Waals surface area contributed by atoms with Crippen molar-refractivity contribution in [1.29, 1.82) is 0 Å². The Kier molecular flexibility index (Phi) is 8.85. The van der Waals surface area contributed by atoms with Gasteiger partial charge in [0.05, 0.1) is 16.3 Å². The summed E-state index contributed by atoms with van der Waals surface area (Å²) in [5.41, 5.74) is -6.70. The lowest BCUT2D eigenvalue weighted by molar-refractivity contribution is 0.278. The van der Waals surface area contributed by atoms with Gasteiger partial charge in [-0.15, -0.1) is 0 Å². The van der Waals surface area contributed by atoms with Crippen LogP contribution in [0.4, 0.5) is 57.1 Å². The summed E-state index contributed by atoms with van der Waals surface area (Å²) in [6.45, 7) is 0. The van der Waals surface area contributed by atoms with Gasteiger partial charge in [-0.1, -0.05) is 36.4 Å². The lowest BCUT2D eigenvalue weighted by atomic mass is 9.82. The Morgan fingerprint density at radius 1 is 0.333 bits per heavy atom. The molecule has 0 spiro atoms. The molecule has 0 fully saturated rings. The molecule has 7 aromatic carbocycles. The molecule has 17 heteroatoms. The zero-order valence-electron chi connectivity index (χ0n) is 24.5. The molecule has 0 saturated carbocycles. The normalized spacial score (nSPS) is 11.5. The molecule has 0 atom stereocenters. The Bertz CT molecular complexity index is 2540. The van der Waals surface area contributed by atoms with Crippen LogP contribution in [-0.4, -0.2) is 22.4 Å². The first-order valence-corrected chi connectivity index (χ1v) is 14.0. The highest BCUT2D eigenvalue weighted by atomic mass is 19.2. The maximum atomic E-state index is 16.3. The highest BCUT2D eigenvalue weighted by molar-refractivity contribution is 6.30. The predicted octanol–water partition coefficient (Wildman–Crippen LogP) is 9.34. The van der Waals surface area contributed by atoms with Crippen LogP contribution < -0.4 is 0 Å². The van der Waals surface area contributed by atoms with Crippen LogP contribution in [0.25, 0.3) is 65.7 Å². The third-order valence-electron chi connectivity index (χ3n) is 8.04. The minimum Gasteiger partial charge on any atom is -0.402 e. The second kappa shape index (κ2) is 12.7. The fourth-order valence-electron chi connectivity index (χ4n) is 6.02. The van der Waals surface area contributed by atoms with Gasteiger partial charge in [0.1, 0.15) is 5.82 Å². The van der Waals surface area contributed by atoms with Crippen molar-refractivity contribution < 1.29 is 72.1 Å². The van der Waals surface area contributed by atoms with E-state index in [1.807, 2.05) is 0 Å². The van der Waals surface area contributed by atoms with Crippen LogP contribution in [0.1, 0.15) is 0 Å². The van der Waals surface area contributed by atoms with Crippen molar-refractivity contribution in [2.75, 3.05) is 0 Å². The van der Waals surface area contributed by atoms with Crippen LogP contribution in [0.2, 0.25) is 0 Å². The molecule has 7 rings (SSSR count). The van der Waals surface area contributed by atoms with E-state index in [1.54, 1.807) is 0 Å². The Hall–Kier alpha value is -5.39. The highest BCUT2D eigenvalue weighted by Crippen LogP contribution is 2.50. The summed E-state index contributed by atoms with van der Waals surface area (Å²) in [6.07, 6.45) is 0. The van der Waals surface area contributed by atoms with Gasteiger partial charge in [-0.2, -0.15) is 0 Å². The van der Waals surface area contributed by atoms with Crippen molar-refractivity contribution in [2.45, 2.75) is 0 Å². The van der Waals surface area contributed by atoms with E-state index in [1.165, 1.54) is 0 Å². The summed E-state index contributed by atoms with van der Waals surface area (Å²) in [7, 11) is -2.17. The van der Waals surface area contributed by atoms with E-state index in [9.17, 15) is 26.3 Å². The average molecular weight is 726 g/mol. The lowest BCUT2D eigenvalue weighted by Crippen LogP contribution is -2.07. The fraction of sp³-hybridized carbons (Fsp3) is 0. The van der Waals surface area contributed by atoms with Crippen LogP contribution >= 0.6 is 0 Å². The van der Waals surface area contributed by atoms with Gasteiger partial charge in [0.2, 0.25) is 5.82 Å². The maximum Gasteiger partial charge on any atom is 0.631 e. The molecule has 0 aliphatic heterocycles. The fourth-order valence-corrected chi connectivity index (χ4v) is 6.02. The standard InChI is InChI=1S/C34H9F13.BH3O3/c35-15-8-5-10-4-6-14-19-17(10)22(15)29(42)31(44)23(19)30(43)26(39)20(14)18-11(12-7-9-16(36)25(38)24(12)37)2-1-3-13(18)21-27(40)32(45)34(47)33(46)28(21)41;2-1(3)4/h1-9H;2-4H. The Balaban J connectivity index is 0.00000107. The molecule has 0 saturated heterocycles. The van der Waals surface area contributed by atoms with Gasteiger partial charge in [0, 0.05) is 27.5 Å². The number of benzene rings is 7. The van der Waals surface area contributed by atoms with Crippen molar-refractivity contribution in [1.82, 2.24) is 0 Å². The van der Waals surface area contributed by atoms with E-state index in [2.05, 4.69) is 0 Å². The average Bonchev–Trinajstić information content (AvgIpc) is 3.08. The van der Waals surface area contributed by atoms with E-state index in [4.69, 9.17) is 15.1 Å². The molecule has 0 heterocycles. The first-order valence-electron chi connectivity index (χ1n) is 14.0. The summed E-state index contributed by atoms with van der Waals surface area (Å²) in [4.78, 5) is 0.